The van der Waals surface area contributed by atoms with Crippen LogP contribution in [0.3, 0.4) is 0 Å². The number of halogens is 2. The molecule has 1 aromatic rings. The molecule has 2 rings (SSSR count). The van der Waals surface area contributed by atoms with Crippen molar-refractivity contribution >= 4 is 6.09 Å². The summed E-state index contributed by atoms with van der Waals surface area (Å²) < 4.78 is 33.3. The number of hydrogen-bond donors (Lipinski definition) is 0. The Hall–Kier alpha value is -1.69. The number of carbonyl (C=O) groups excluding carboxylic acids is 1. The summed E-state index contributed by atoms with van der Waals surface area (Å²) in [5, 5.41) is 0. The minimum Gasteiger partial charge on any atom is -0.445 e. The Kier molecular flexibility index (Phi) is 5.29. The molecular weight excluding hydrogens is 268 g/mol. The van der Waals surface area contributed by atoms with Gasteiger partial charge in [-0.3, -0.25) is 0 Å². The summed E-state index contributed by atoms with van der Waals surface area (Å²) >= 11 is 0. The van der Waals surface area contributed by atoms with Gasteiger partial charge in [-0.2, -0.15) is 8.78 Å². The highest BCUT2D eigenvalue weighted by Crippen LogP contribution is 2.18. The van der Waals surface area contributed by atoms with Gasteiger partial charge >= 0.3 is 12.7 Å². The maximum Gasteiger partial charge on any atom is 0.410 e. The van der Waals surface area contributed by atoms with Gasteiger partial charge in [0, 0.05) is 19.0 Å². The molecule has 0 radical (unpaired) electrons. The average Bonchev–Trinajstić information content (AvgIpc) is 2.92. The van der Waals surface area contributed by atoms with Crippen LogP contribution in [0.15, 0.2) is 30.3 Å². The van der Waals surface area contributed by atoms with Crippen molar-refractivity contribution in [3.63, 3.8) is 0 Å². The highest BCUT2D eigenvalue weighted by molar-refractivity contribution is 5.68. The van der Waals surface area contributed by atoms with E-state index in [1.165, 1.54) is 4.90 Å². The Bertz CT molecular complexity index is 428. The molecule has 0 aromatic heterocycles. The molecule has 0 saturated carbocycles. The summed E-state index contributed by atoms with van der Waals surface area (Å²) in [4.78, 5) is 13.3. The number of ether oxygens (including phenoxy) is 2. The van der Waals surface area contributed by atoms with Gasteiger partial charge in [-0.1, -0.05) is 30.3 Å². The van der Waals surface area contributed by atoms with Crippen molar-refractivity contribution in [2.45, 2.75) is 19.6 Å². The molecule has 0 unspecified atom stereocenters. The van der Waals surface area contributed by atoms with Crippen LogP contribution in [-0.4, -0.2) is 37.3 Å². The zero-order chi connectivity index (χ0) is 14.4. The quantitative estimate of drug-likeness (QED) is 0.835. The first kappa shape index (κ1) is 14.7. The number of carbonyl (C=O) groups is 1. The number of likely N-dealkylation sites (tertiary alicyclic amines) is 1. The molecular formula is C14H17F2NO3. The van der Waals surface area contributed by atoms with Crippen LogP contribution < -0.4 is 0 Å². The zero-order valence-electron chi connectivity index (χ0n) is 11.0. The number of nitrogens with zero attached hydrogens (tertiary/aromatic N) is 1. The van der Waals surface area contributed by atoms with Gasteiger partial charge in [0.25, 0.3) is 0 Å². The third-order valence-electron chi connectivity index (χ3n) is 3.21. The maximum absolute atomic E-state index is 11.9. The lowest BCUT2D eigenvalue weighted by molar-refractivity contribution is -0.137. The molecule has 4 nitrogen and oxygen atoms in total. The van der Waals surface area contributed by atoms with E-state index < -0.39 is 12.7 Å². The second-order valence-corrected chi connectivity index (χ2v) is 4.73. The average molecular weight is 285 g/mol. The molecule has 20 heavy (non-hydrogen) atoms. The van der Waals surface area contributed by atoms with Crippen LogP contribution in [-0.2, 0) is 16.1 Å². The summed E-state index contributed by atoms with van der Waals surface area (Å²) in [7, 11) is 0. The zero-order valence-corrected chi connectivity index (χ0v) is 11.0. The summed E-state index contributed by atoms with van der Waals surface area (Å²) in [5.41, 5.74) is 0.914. The van der Waals surface area contributed by atoms with Crippen LogP contribution in [0, 0.1) is 5.92 Å². The minimum absolute atomic E-state index is 0.0276. The standard InChI is InChI=1S/C14H17F2NO3/c15-13(16)19-10-12-6-7-17(8-12)14(18)20-9-11-4-2-1-3-5-11/h1-5,12-13H,6-10H2/t12-/m1/s1. The lowest BCUT2D eigenvalue weighted by atomic mass is 10.1. The van der Waals surface area contributed by atoms with Crippen LogP contribution in [0.1, 0.15) is 12.0 Å². The topological polar surface area (TPSA) is 38.8 Å². The van der Waals surface area contributed by atoms with Gasteiger partial charge in [0.15, 0.2) is 0 Å². The molecule has 1 aromatic carbocycles. The van der Waals surface area contributed by atoms with Gasteiger partial charge in [-0.15, -0.1) is 0 Å². The van der Waals surface area contributed by atoms with Crippen LogP contribution in [0.4, 0.5) is 13.6 Å². The summed E-state index contributed by atoms with van der Waals surface area (Å²) in [6.45, 7) is -1.64. The smallest absolute Gasteiger partial charge is 0.410 e. The third kappa shape index (κ3) is 4.45. The first-order chi connectivity index (χ1) is 9.65. The number of hydrogen-bond acceptors (Lipinski definition) is 3. The molecule has 1 saturated heterocycles. The Morgan fingerprint density at radius 2 is 2.10 bits per heavy atom. The van der Waals surface area contributed by atoms with Crippen molar-refractivity contribution in [1.82, 2.24) is 4.90 Å². The molecule has 0 spiro atoms. The Morgan fingerprint density at radius 1 is 1.35 bits per heavy atom. The summed E-state index contributed by atoms with van der Waals surface area (Å²) in [5.74, 6) is -0.0479. The SMILES string of the molecule is O=C(OCc1ccccc1)N1CC[C@@H](COC(F)F)C1. The van der Waals surface area contributed by atoms with Crippen LogP contribution in [0.2, 0.25) is 0 Å². The van der Waals surface area contributed by atoms with Crippen molar-refractivity contribution in [1.29, 1.82) is 0 Å². The van der Waals surface area contributed by atoms with E-state index in [1.54, 1.807) is 0 Å². The van der Waals surface area contributed by atoms with E-state index in [4.69, 9.17) is 4.74 Å². The third-order valence-corrected chi connectivity index (χ3v) is 3.21. The predicted molar refractivity (Wildman–Crippen MR) is 68.3 cm³/mol. The van der Waals surface area contributed by atoms with Gasteiger partial charge in [0.2, 0.25) is 0 Å². The normalized spacial score (nSPS) is 18.6. The number of benzene rings is 1. The van der Waals surface area contributed by atoms with Gasteiger partial charge in [0.05, 0.1) is 6.61 Å². The second kappa shape index (κ2) is 7.19. The molecule has 0 bridgehead atoms. The van der Waals surface area contributed by atoms with E-state index in [0.29, 0.717) is 19.5 Å². The molecule has 1 aliphatic rings. The lowest BCUT2D eigenvalue weighted by Crippen LogP contribution is -2.30. The number of alkyl halides is 2. The van der Waals surface area contributed by atoms with Crippen molar-refractivity contribution < 1.29 is 23.0 Å². The van der Waals surface area contributed by atoms with E-state index in [0.717, 1.165) is 5.56 Å². The maximum atomic E-state index is 11.9. The second-order valence-electron chi connectivity index (χ2n) is 4.73. The highest BCUT2D eigenvalue weighted by Gasteiger charge is 2.28. The fourth-order valence-corrected chi connectivity index (χ4v) is 2.15. The molecule has 0 N–H and O–H groups in total. The van der Waals surface area contributed by atoms with E-state index in [2.05, 4.69) is 4.74 Å². The fraction of sp³-hybridized carbons (Fsp3) is 0.500. The van der Waals surface area contributed by atoms with Gasteiger partial charge in [0.1, 0.15) is 6.61 Å². The Labute approximate surface area is 116 Å². The molecule has 1 fully saturated rings. The van der Waals surface area contributed by atoms with E-state index in [-0.39, 0.29) is 19.1 Å². The van der Waals surface area contributed by atoms with Crippen molar-refractivity contribution in [2.24, 2.45) is 5.92 Å². The first-order valence-corrected chi connectivity index (χ1v) is 6.50. The van der Waals surface area contributed by atoms with Crippen LogP contribution in [0.25, 0.3) is 0 Å². The molecule has 0 aliphatic carbocycles. The van der Waals surface area contributed by atoms with Gasteiger partial charge in [-0.05, 0) is 12.0 Å². The number of rotatable bonds is 5. The molecule has 1 heterocycles. The molecule has 1 amide bonds. The monoisotopic (exact) mass is 285 g/mol. The minimum atomic E-state index is -2.76. The van der Waals surface area contributed by atoms with E-state index >= 15 is 0 Å². The predicted octanol–water partition coefficient (Wildman–Crippen LogP) is 2.88. The number of amides is 1. The molecule has 1 aliphatic heterocycles. The molecule has 1 atom stereocenters. The fourth-order valence-electron chi connectivity index (χ4n) is 2.15. The highest BCUT2D eigenvalue weighted by atomic mass is 19.3. The van der Waals surface area contributed by atoms with Crippen molar-refractivity contribution in [2.75, 3.05) is 19.7 Å². The Morgan fingerprint density at radius 3 is 2.80 bits per heavy atom. The summed E-state index contributed by atoms with van der Waals surface area (Å²) in [6.07, 6.45) is 0.251. The van der Waals surface area contributed by atoms with Crippen LogP contribution in [0.5, 0.6) is 0 Å². The Balaban J connectivity index is 1.71. The van der Waals surface area contributed by atoms with Crippen LogP contribution >= 0.6 is 0 Å². The van der Waals surface area contributed by atoms with E-state index in [1.807, 2.05) is 30.3 Å². The van der Waals surface area contributed by atoms with E-state index in [9.17, 15) is 13.6 Å². The molecule has 6 heteroatoms. The van der Waals surface area contributed by atoms with Gasteiger partial charge < -0.3 is 14.4 Å². The largest absolute Gasteiger partial charge is 0.445 e. The summed E-state index contributed by atoms with van der Waals surface area (Å²) in [6, 6.07) is 9.37. The lowest BCUT2D eigenvalue weighted by Gasteiger charge is -2.16. The first-order valence-electron chi connectivity index (χ1n) is 6.50. The van der Waals surface area contributed by atoms with Crippen molar-refractivity contribution in [3.8, 4) is 0 Å². The van der Waals surface area contributed by atoms with Crippen molar-refractivity contribution in [3.05, 3.63) is 35.9 Å². The molecule has 110 valence electrons. The van der Waals surface area contributed by atoms with Gasteiger partial charge in [-0.25, -0.2) is 4.79 Å².